The second-order valence-electron chi connectivity index (χ2n) is 6.89. The number of hydrogen-bond donors (Lipinski definition) is 2. The van der Waals surface area contributed by atoms with Crippen LogP contribution < -0.4 is 11.1 Å². The minimum absolute atomic E-state index is 0.193. The van der Waals surface area contributed by atoms with Crippen molar-refractivity contribution in [3.63, 3.8) is 0 Å². The first-order chi connectivity index (χ1) is 9.97. The average Bonchev–Trinajstić information content (AvgIpc) is 2.46. The highest BCUT2D eigenvalue weighted by Crippen LogP contribution is 2.32. The van der Waals surface area contributed by atoms with Crippen LogP contribution in [0.15, 0.2) is 0 Å². The molecule has 0 radical (unpaired) electrons. The predicted octanol–water partition coefficient (Wildman–Crippen LogP) is 1.26. The number of nitrogens with two attached hydrogens (primary N) is 1. The van der Waals surface area contributed by atoms with Gasteiger partial charge in [-0.2, -0.15) is 0 Å². The molecule has 0 aromatic carbocycles. The van der Waals surface area contributed by atoms with Crippen LogP contribution in [0.2, 0.25) is 0 Å². The smallest absolute Gasteiger partial charge is 0.237 e. The van der Waals surface area contributed by atoms with E-state index in [1.165, 1.54) is 0 Å². The molecule has 21 heavy (non-hydrogen) atoms. The molecule has 0 spiro atoms. The summed E-state index contributed by atoms with van der Waals surface area (Å²) < 4.78 is 5.76. The van der Waals surface area contributed by atoms with E-state index < -0.39 is 5.54 Å². The summed E-state index contributed by atoms with van der Waals surface area (Å²) >= 11 is 0. The van der Waals surface area contributed by atoms with E-state index in [2.05, 4.69) is 31.0 Å². The summed E-state index contributed by atoms with van der Waals surface area (Å²) in [5.74, 6) is -0.193. The number of carbonyl (C=O) groups is 1. The van der Waals surface area contributed by atoms with Gasteiger partial charge in [-0.3, -0.25) is 9.69 Å². The highest BCUT2D eigenvalue weighted by atomic mass is 16.5. The number of amides is 1. The number of hydrogen-bond acceptors (Lipinski definition) is 4. The Kier molecular flexibility index (Phi) is 5.63. The van der Waals surface area contributed by atoms with Crippen LogP contribution in [-0.4, -0.2) is 54.2 Å². The predicted molar refractivity (Wildman–Crippen MR) is 84.1 cm³/mol. The molecule has 1 saturated heterocycles. The Balaban J connectivity index is 2.06. The summed E-state index contributed by atoms with van der Waals surface area (Å²) in [6.45, 7) is 9.08. The minimum Gasteiger partial charge on any atom is -0.376 e. The van der Waals surface area contributed by atoms with Gasteiger partial charge in [0.05, 0.1) is 18.2 Å². The lowest BCUT2D eigenvalue weighted by Gasteiger charge is -2.46. The van der Waals surface area contributed by atoms with Crippen molar-refractivity contribution in [1.29, 1.82) is 0 Å². The van der Waals surface area contributed by atoms with Crippen molar-refractivity contribution in [2.24, 2.45) is 5.73 Å². The summed E-state index contributed by atoms with van der Waals surface area (Å²) in [6.07, 6.45) is 5.29. The van der Waals surface area contributed by atoms with E-state index in [0.29, 0.717) is 12.1 Å². The van der Waals surface area contributed by atoms with Crippen LogP contribution in [0.4, 0.5) is 0 Å². The Labute approximate surface area is 128 Å². The fourth-order valence-electron chi connectivity index (χ4n) is 3.86. The van der Waals surface area contributed by atoms with E-state index in [-0.39, 0.29) is 11.9 Å². The molecule has 1 amide bonds. The lowest BCUT2D eigenvalue weighted by atomic mass is 9.77. The Bertz CT molecular complexity index is 361. The number of nitrogens with zero attached hydrogens (tertiary/aromatic N) is 1. The molecule has 3 atom stereocenters. The molecule has 5 nitrogen and oxygen atoms in total. The van der Waals surface area contributed by atoms with Gasteiger partial charge in [-0.25, -0.2) is 0 Å². The first-order valence-corrected chi connectivity index (χ1v) is 8.40. The van der Waals surface area contributed by atoms with Crippen molar-refractivity contribution in [3.8, 4) is 0 Å². The summed E-state index contributed by atoms with van der Waals surface area (Å²) in [6, 6.07) is 0.708. The summed E-state index contributed by atoms with van der Waals surface area (Å²) in [4.78, 5) is 14.6. The van der Waals surface area contributed by atoms with E-state index in [1.54, 1.807) is 0 Å². The highest BCUT2D eigenvalue weighted by Gasteiger charge is 2.43. The fraction of sp³-hybridized carbons (Fsp3) is 0.938. The number of rotatable bonds is 5. The molecule has 2 rings (SSSR count). The number of nitrogens with one attached hydrogen (secondary N) is 1. The third-order valence-electron chi connectivity index (χ3n) is 4.90. The topological polar surface area (TPSA) is 67.6 Å². The largest absolute Gasteiger partial charge is 0.376 e. The summed E-state index contributed by atoms with van der Waals surface area (Å²) in [7, 11) is 0. The molecule has 2 fully saturated rings. The fourth-order valence-corrected chi connectivity index (χ4v) is 3.86. The van der Waals surface area contributed by atoms with Gasteiger partial charge < -0.3 is 15.8 Å². The first-order valence-electron chi connectivity index (χ1n) is 8.40. The second kappa shape index (κ2) is 7.07. The van der Waals surface area contributed by atoms with E-state index in [1.807, 2.05) is 0 Å². The van der Waals surface area contributed by atoms with Gasteiger partial charge in [-0.15, -0.1) is 0 Å². The number of carbonyl (C=O) groups excluding carboxylic acids is 1. The van der Waals surface area contributed by atoms with Crippen LogP contribution in [-0.2, 0) is 9.53 Å². The van der Waals surface area contributed by atoms with Crippen LogP contribution in [0.1, 0.15) is 52.9 Å². The third-order valence-corrected chi connectivity index (χ3v) is 4.90. The standard InChI is InChI=1S/C16H31N3O2/c1-4-14-11-19(8-9-21-14)13-6-5-7-16(10-13,15(17)20)18-12(2)3/h12-14,18H,4-11H2,1-3H3,(H2,17,20). The van der Waals surface area contributed by atoms with Gasteiger partial charge in [-0.1, -0.05) is 6.92 Å². The van der Waals surface area contributed by atoms with Crippen molar-refractivity contribution in [2.45, 2.75) is 76.6 Å². The molecule has 0 aromatic heterocycles. The van der Waals surface area contributed by atoms with Gasteiger partial charge in [0.15, 0.2) is 0 Å². The zero-order valence-electron chi connectivity index (χ0n) is 13.7. The van der Waals surface area contributed by atoms with Gasteiger partial charge in [0.2, 0.25) is 5.91 Å². The molecular weight excluding hydrogens is 266 g/mol. The van der Waals surface area contributed by atoms with Crippen LogP contribution in [0.5, 0.6) is 0 Å². The molecule has 0 bridgehead atoms. The maximum absolute atomic E-state index is 12.1. The summed E-state index contributed by atoms with van der Waals surface area (Å²) in [5.41, 5.74) is 5.22. The Hall–Kier alpha value is -0.650. The Morgan fingerprint density at radius 1 is 1.52 bits per heavy atom. The van der Waals surface area contributed by atoms with E-state index >= 15 is 0 Å². The SMILES string of the molecule is CCC1CN(C2CCCC(NC(C)C)(C(N)=O)C2)CCO1. The van der Waals surface area contributed by atoms with Crippen molar-refractivity contribution in [2.75, 3.05) is 19.7 Å². The monoisotopic (exact) mass is 297 g/mol. The number of morpholine rings is 1. The molecule has 122 valence electrons. The maximum Gasteiger partial charge on any atom is 0.237 e. The van der Waals surface area contributed by atoms with E-state index in [9.17, 15) is 4.79 Å². The van der Waals surface area contributed by atoms with Crippen LogP contribution in [0, 0.1) is 0 Å². The van der Waals surface area contributed by atoms with Crippen LogP contribution in [0.3, 0.4) is 0 Å². The maximum atomic E-state index is 12.1. The molecule has 2 aliphatic rings. The Morgan fingerprint density at radius 3 is 2.90 bits per heavy atom. The zero-order valence-corrected chi connectivity index (χ0v) is 13.7. The molecule has 1 saturated carbocycles. The molecule has 3 N–H and O–H groups in total. The van der Waals surface area contributed by atoms with Gasteiger partial charge >= 0.3 is 0 Å². The molecule has 5 heteroatoms. The van der Waals surface area contributed by atoms with Gasteiger partial charge in [0.1, 0.15) is 0 Å². The number of ether oxygens (including phenoxy) is 1. The third kappa shape index (κ3) is 3.96. The molecule has 1 aliphatic heterocycles. The van der Waals surface area contributed by atoms with Gasteiger partial charge in [-0.05, 0) is 46.0 Å². The molecular formula is C16H31N3O2. The summed E-state index contributed by atoms with van der Waals surface area (Å²) in [5, 5.41) is 3.46. The van der Waals surface area contributed by atoms with Crippen molar-refractivity contribution in [1.82, 2.24) is 10.2 Å². The van der Waals surface area contributed by atoms with E-state index in [0.717, 1.165) is 51.8 Å². The zero-order chi connectivity index (χ0) is 15.5. The molecule has 1 aliphatic carbocycles. The molecule has 3 unspecified atom stereocenters. The lowest BCUT2D eigenvalue weighted by Crippen LogP contribution is -2.63. The van der Waals surface area contributed by atoms with Gasteiger partial charge in [0.25, 0.3) is 0 Å². The van der Waals surface area contributed by atoms with Crippen molar-refractivity contribution in [3.05, 3.63) is 0 Å². The first kappa shape index (κ1) is 16.7. The van der Waals surface area contributed by atoms with Crippen LogP contribution in [0.25, 0.3) is 0 Å². The minimum atomic E-state index is -0.531. The van der Waals surface area contributed by atoms with Crippen LogP contribution >= 0.6 is 0 Å². The Morgan fingerprint density at radius 2 is 2.29 bits per heavy atom. The van der Waals surface area contributed by atoms with Gasteiger partial charge in [0, 0.05) is 25.2 Å². The molecule has 1 heterocycles. The van der Waals surface area contributed by atoms with Crippen molar-refractivity contribution < 1.29 is 9.53 Å². The molecule has 0 aromatic rings. The quantitative estimate of drug-likeness (QED) is 0.802. The number of primary amides is 1. The highest BCUT2D eigenvalue weighted by molar-refractivity contribution is 5.85. The van der Waals surface area contributed by atoms with Crippen molar-refractivity contribution >= 4 is 5.91 Å². The lowest BCUT2D eigenvalue weighted by molar-refractivity contribution is -0.128. The van der Waals surface area contributed by atoms with E-state index in [4.69, 9.17) is 10.5 Å². The second-order valence-corrected chi connectivity index (χ2v) is 6.89. The average molecular weight is 297 g/mol. The normalized spacial score (nSPS) is 35.0.